The average Bonchev–Trinajstić information content (AvgIpc) is 2.12. The number of hydrogen-bond acceptors (Lipinski definition) is 1. The molecule has 0 spiro atoms. The molecule has 0 radical (unpaired) electrons. The Bertz CT molecular complexity index is 516. The molecular formula is C9H3BrCl2IN. The molecule has 0 unspecified atom stereocenters. The van der Waals surface area contributed by atoms with Gasteiger partial charge in [-0.15, -0.1) is 0 Å². The second-order valence-electron chi connectivity index (χ2n) is 2.70. The van der Waals surface area contributed by atoms with Crippen LogP contribution >= 0.6 is 61.7 Å². The summed E-state index contributed by atoms with van der Waals surface area (Å²) in [6.45, 7) is 0. The Hall–Kier alpha value is 0.420. The predicted octanol–water partition coefficient (Wildman–Crippen LogP) is 4.91. The minimum Gasteiger partial charge on any atom is -0.253 e. The van der Waals surface area contributed by atoms with Gasteiger partial charge in [-0.3, -0.25) is 4.98 Å². The van der Waals surface area contributed by atoms with Gasteiger partial charge in [-0.05, 0) is 50.7 Å². The molecule has 0 fully saturated rings. The van der Waals surface area contributed by atoms with Crippen molar-refractivity contribution in [2.75, 3.05) is 0 Å². The van der Waals surface area contributed by atoms with Crippen molar-refractivity contribution in [3.05, 3.63) is 36.4 Å². The van der Waals surface area contributed by atoms with Gasteiger partial charge in [0.1, 0.15) is 0 Å². The molecule has 1 aromatic carbocycles. The van der Waals surface area contributed by atoms with E-state index in [0.29, 0.717) is 10.0 Å². The molecular weight excluding hydrogens is 400 g/mol. The van der Waals surface area contributed by atoms with Crippen LogP contribution in [-0.2, 0) is 0 Å². The van der Waals surface area contributed by atoms with Crippen molar-refractivity contribution >= 4 is 72.6 Å². The Morgan fingerprint density at radius 1 is 1.21 bits per heavy atom. The standard InChI is InChI=1S/C9H3BrCl2IN/c10-8-5-1-4(13)2-6(11)9(5)14-3-7(8)12/h1-3H. The summed E-state index contributed by atoms with van der Waals surface area (Å²) in [7, 11) is 0. The van der Waals surface area contributed by atoms with Crippen LogP contribution in [0.3, 0.4) is 0 Å². The summed E-state index contributed by atoms with van der Waals surface area (Å²) in [5.74, 6) is 0. The molecule has 1 heterocycles. The van der Waals surface area contributed by atoms with Gasteiger partial charge in [0.2, 0.25) is 0 Å². The molecule has 0 bridgehead atoms. The molecule has 5 heteroatoms. The fourth-order valence-corrected chi connectivity index (χ4v) is 2.80. The van der Waals surface area contributed by atoms with E-state index in [4.69, 9.17) is 23.2 Å². The van der Waals surface area contributed by atoms with Gasteiger partial charge in [0.15, 0.2) is 0 Å². The Kier molecular flexibility index (Phi) is 3.21. The lowest BCUT2D eigenvalue weighted by atomic mass is 10.2. The molecule has 0 aliphatic carbocycles. The van der Waals surface area contributed by atoms with Crippen molar-refractivity contribution in [3.63, 3.8) is 0 Å². The molecule has 0 N–H and O–H groups in total. The number of rotatable bonds is 0. The van der Waals surface area contributed by atoms with Gasteiger partial charge in [-0.2, -0.15) is 0 Å². The molecule has 1 aromatic heterocycles. The van der Waals surface area contributed by atoms with E-state index in [2.05, 4.69) is 43.5 Å². The SMILES string of the molecule is Clc1cnc2c(Cl)cc(I)cc2c1Br. The van der Waals surface area contributed by atoms with Crippen molar-refractivity contribution in [1.29, 1.82) is 0 Å². The summed E-state index contributed by atoms with van der Waals surface area (Å²) in [5.41, 5.74) is 0.767. The molecule has 0 saturated heterocycles. The van der Waals surface area contributed by atoms with Crippen LogP contribution in [-0.4, -0.2) is 4.98 Å². The van der Waals surface area contributed by atoms with Crippen molar-refractivity contribution < 1.29 is 0 Å². The highest BCUT2D eigenvalue weighted by Crippen LogP contribution is 2.33. The summed E-state index contributed by atoms with van der Waals surface area (Å²) >= 11 is 17.6. The maximum Gasteiger partial charge on any atom is 0.0901 e. The Morgan fingerprint density at radius 2 is 1.93 bits per heavy atom. The van der Waals surface area contributed by atoms with E-state index in [1.165, 1.54) is 0 Å². The maximum absolute atomic E-state index is 6.06. The van der Waals surface area contributed by atoms with E-state index in [9.17, 15) is 0 Å². The number of nitrogens with zero attached hydrogens (tertiary/aromatic N) is 1. The topological polar surface area (TPSA) is 12.9 Å². The van der Waals surface area contributed by atoms with Gasteiger partial charge in [-0.25, -0.2) is 0 Å². The molecule has 72 valence electrons. The first-order chi connectivity index (χ1) is 6.59. The molecule has 0 aliphatic rings. The maximum atomic E-state index is 6.06. The smallest absolute Gasteiger partial charge is 0.0901 e. The summed E-state index contributed by atoms with van der Waals surface area (Å²) in [6.07, 6.45) is 1.59. The first kappa shape index (κ1) is 10.9. The normalized spacial score (nSPS) is 10.9. The second-order valence-corrected chi connectivity index (χ2v) is 5.56. The number of halogens is 4. The monoisotopic (exact) mass is 401 g/mol. The van der Waals surface area contributed by atoms with Gasteiger partial charge in [0, 0.05) is 19.6 Å². The molecule has 0 aliphatic heterocycles. The highest BCUT2D eigenvalue weighted by atomic mass is 127. The molecule has 2 aromatic rings. The largest absolute Gasteiger partial charge is 0.253 e. The Morgan fingerprint density at radius 3 is 2.64 bits per heavy atom. The first-order valence-corrected chi connectivity index (χ1v) is 6.31. The summed E-state index contributed by atoms with van der Waals surface area (Å²) in [6, 6.07) is 3.86. The van der Waals surface area contributed by atoms with Crippen LogP contribution in [0.4, 0.5) is 0 Å². The lowest BCUT2D eigenvalue weighted by Gasteiger charge is -2.04. The summed E-state index contributed by atoms with van der Waals surface area (Å²) in [4.78, 5) is 4.19. The number of fused-ring (bicyclic) bond motifs is 1. The van der Waals surface area contributed by atoms with Gasteiger partial charge < -0.3 is 0 Å². The van der Waals surface area contributed by atoms with Crippen LogP contribution in [0.1, 0.15) is 0 Å². The zero-order chi connectivity index (χ0) is 10.3. The molecule has 1 nitrogen and oxygen atoms in total. The minimum atomic E-state index is 0.593. The van der Waals surface area contributed by atoms with Crippen molar-refractivity contribution in [3.8, 4) is 0 Å². The quantitative estimate of drug-likeness (QED) is 0.571. The van der Waals surface area contributed by atoms with E-state index in [1.807, 2.05) is 12.1 Å². The number of benzene rings is 1. The molecule has 14 heavy (non-hydrogen) atoms. The number of pyridine rings is 1. The Balaban J connectivity index is 2.95. The van der Waals surface area contributed by atoms with Crippen LogP contribution in [0.2, 0.25) is 10.0 Å². The summed E-state index contributed by atoms with van der Waals surface area (Å²) in [5, 5.41) is 2.18. The van der Waals surface area contributed by atoms with E-state index >= 15 is 0 Å². The highest BCUT2D eigenvalue weighted by Gasteiger charge is 2.08. The summed E-state index contributed by atoms with van der Waals surface area (Å²) < 4.78 is 1.90. The van der Waals surface area contributed by atoms with Crippen LogP contribution in [0.25, 0.3) is 10.9 Å². The van der Waals surface area contributed by atoms with Crippen molar-refractivity contribution in [2.45, 2.75) is 0 Å². The van der Waals surface area contributed by atoms with Gasteiger partial charge in [0.25, 0.3) is 0 Å². The Labute approximate surface area is 113 Å². The van der Waals surface area contributed by atoms with Crippen LogP contribution < -0.4 is 0 Å². The van der Waals surface area contributed by atoms with Crippen LogP contribution in [0, 0.1) is 3.57 Å². The van der Waals surface area contributed by atoms with E-state index in [0.717, 1.165) is 18.9 Å². The minimum absolute atomic E-state index is 0.593. The fraction of sp³-hybridized carbons (Fsp3) is 0. The third-order valence-electron chi connectivity index (χ3n) is 1.78. The fourth-order valence-electron chi connectivity index (χ4n) is 1.17. The second kappa shape index (κ2) is 4.12. The van der Waals surface area contributed by atoms with Gasteiger partial charge >= 0.3 is 0 Å². The number of aromatic nitrogens is 1. The molecule has 0 saturated carbocycles. The van der Waals surface area contributed by atoms with E-state index in [-0.39, 0.29) is 0 Å². The number of hydrogen-bond donors (Lipinski definition) is 0. The molecule has 0 atom stereocenters. The predicted molar refractivity (Wildman–Crippen MR) is 72.2 cm³/mol. The highest BCUT2D eigenvalue weighted by molar-refractivity contribution is 14.1. The third-order valence-corrected chi connectivity index (χ3v) is 4.06. The molecule has 0 amide bonds. The lowest BCUT2D eigenvalue weighted by Crippen LogP contribution is -1.84. The van der Waals surface area contributed by atoms with Gasteiger partial charge in [0.05, 0.1) is 15.6 Å². The van der Waals surface area contributed by atoms with E-state index in [1.54, 1.807) is 6.20 Å². The first-order valence-electron chi connectivity index (χ1n) is 3.68. The van der Waals surface area contributed by atoms with Crippen LogP contribution in [0.15, 0.2) is 22.8 Å². The average molecular weight is 403 g/mol. The van der Waals surface area contributed by atoms with E-state index < -0.39 is 0 Å². The van der Waals surface area contributed by atoms with Gasteiger partial charge in [-0.1, -0.05) is 23.2 Å². The van der Waals surface area contributed by atoms with Crippen molar-refractivity contribution in [2.24, 2.45) is 0 Å². The molecule has 2 rings (SSSR count). The van der Waals surface area contributed by atoms with Crippen LogP contribution in [0.5, 0.6) is 0 Å². The third kappa shape index (κ3) is 1.87. The zero-order valence-electron chi connectivity index (χ0n) is 6.69. The lowest BCUT2D eigenvalue weighted by molar-refractivity contribution is 1.40. The van der Waals surface area contributed by atoms with Crippen molar-refractivity contribution in [1.82, 2.24) is 4.98 Å². The zero-order valence-corrected chi connectivity index (χ0v) is 11.9.